The number of aliphatic imine (C=N–C) groups is 1. The second-order valence-corrected chi connectivity index (χ2v) is 8.06. The summed E-state index contributed by atoms with van der Waals surface area (Å²) in [5, 5.41) is 0. The summed E-state index contributed by atoms with van der Waals surface area (Å²) in [7, 11) is 1.88. The van der Waals surface area contributed by atoms with Gasteiger partial charge in [-0.25, -0.2) is 0 Å². The Morgan fingerprint density at radius 3 is 2.54 bits per heavy atom. The Hall–Kier alpha value is -3.79. The number of rotatable bonds is 11. The molecule has 1 unspecified atom stereocenters. The van der Waals surface area contributed by atoms with Gasteiger partial charge in [0.15, 0.2) is 11.8 Å². The summed E-state index contributed by atoms with van der Waals surface area (Å²) in [6.07, 6.45) is 3.62. The third kappa shape index (κ3) is 6.42. The van der Waals surface area contributed by atoms with E-state index in [1.165, 1.54) is 4.90 Å². The molecule has 1 aliphatic rings. The number of ether oxygens (including phenoxy) is 1. The van der Waals surface area contributed by atoms with Gasteiger partial charge in [0.05, 0.1) is 18.7 Å². The molecule has 10 heteroatoms. The lowest BCUT2D eigenvalue weighted by molar-refractivity contribution is -0.152. The quantitative estimate of drug-likeness (QED) is 0.226. The Morgan fingerprint density at radius 1 is 1.09 bits per heavy atom. The number of hydroxylamine groups is 1. The number of amides is 1. The topological polar surface area (TPSA) is 119 Å². The molecular weight excluding hydrogens is 452 g/mol. The maximum Gasteiger partial charge on any atom is 0.325 e. The summed E-state index contributed by atoms with van der Waals surface area (Å²) < 4.78 is 6.72. The molecule has 186 valence electrons. The van der Waals surface area contributed by atoms with E-state index in [2.05, 4.69) is 10.5 Å². The van der Waals surface area contributed by atoms with Crippen molar-refractivity contribution in [3.8, 4) is 0 Å². The van der Waals surface area contributed by atoms with Gasteiger partial charge in [-0.1, -0.05) is 18.2 Å². The minimum Gasteiger partial charge on any atom is -0.466 e. The fourth-order valence-electron chi connectivity index (χ4n) is 3.66. The molecule has 1 aliphatic heterocycles. The second-order valence-electron chi connectivity index (χ2n) is 8.06. The van der Waals surface area contributed by atoms with Gasteiger partial charge >= 0.3 is 11.9 Å². The van der Waals surface area contributed by atoms with E-state index in [1.54, 1.807) is 25.3 Å². The molecule has 0 bridgehead atoms. The van der Waals surface area contributed by atoms with Crippen molar-refractivity contribution in [2.24, 2.45) is 12.0 Å². The Bertz CT molecular complexity index is 1110. The van der Waals surface area contributed by atoms with Gasteiger partial charge in [0.1, 0.15) is 0 Å². The molecule has 0 saturated carbocycles. The summed E-state index contributed by atoms with van der Waals surface area (Å²) in [6, 6.07) is 7.80. The lowest BCUT2D eigenvalue weighted by Gasteiger charge is -2.23. The number of carbonyl (C=O) groups excluding carboxylic acids is 4. The van der Waals surface area contributed by atoms with Gasteiger partial charge in [0.25, 0.3) is 5.91 Å². The van der Waals surface area contributed by atoms with Crippen molar-refractivity contribution in [2.45, 2.75) is 45.6 Å². The lowest BCUT2D eigenvalue weighted by Crippen LogP contribution is -2.39. The number of esters is 1. The molecule has 1 N–H and O–H groups in total. The highest BCUT2D eigenvalue weighted by Crippen LogP contribution is 2.33. The molecular formula is C25H30N4O6. The molecule has 3 rings (SSSR count). The summed E-state index contributed by atoms with van der Waals surface area (Å²) >= 11 is 0. The Labute approximate surface area is 203 Å². The van der Waals surface area contributed by atoms with Crippen LogP contribution in [0.5, 0.6) is 0 Å². The zero-order valence-electron chi connectivity index (χ0n) is 20.2. The summed E-state index contributed by atoms with van der Waals surface area (Å²) in [5.74, 6) is -1.91. The molecule has 1 aromatic heterocycles. The smallest absolute Gasteiger partial charge is 0.325 e. The maximum absolute atomic E-state index is 13.5. The van der Waals surface area contributed by atoms with Crippen molar-refractivity contribution in [2.75, 3.05) is 18.1 Å². The number of carbonyl (C=O) groups is 4. The predicted octanol–water partition coefficient (Wildman–Crippen LogP) is 2.54. The third-order valence-corrected chi connectivity index (χ3v) is 5.60. The summed E-state index contributed by atoms with van der Waals surface area (Å²) in [4.78, 5) is 60.4. The van der Waals surface area contributed by atoms with Crippen LogP contribution in [0, 0.1) is 6.92 Å². The molecule has 0 radical (unpaired) electrons. The molecule has 0 fully saturated rings. The van der Waals surface area contributed by atoms with Gasteiger partial charge in [-0.3, -0.25) is 29.1 Å². The Balaban J connectivity index is 1.61. The molecule has 0 spiro atoms. The predicted molar refractivity (Wildman–Crippen MR) is 129 cm³/mol. The molecule has 1 atom stereocenters. The number of Topliss-reactive ketones (excluding diaryl/α,β-unsaturated/α-hetero) is 1. The summed E-state index contributed by atoms with van der Waals surface area (Å²) in [5.41, 5.74) is 5.41. The standard InChI is InChI=1S/C25H30N4O6/c1-4-34-22(31)11-8-14-27-35-23(32)13-12-21(30)24-25(33)29(18-9-6-5-7-10-18)20-16-28(3)17(2)19(20)15-26-24/h5-7,9-10,15-16,24,27H,4,8,11-14H2,1-3H3. The van der Waals surface area contributed by atoms with Crippen molar-refractivity contribution < 1.29 is 28.8 Å². The first-order valence-electron chi connectivity index (χ1n) is 11.5. The fraction of sp³-hybridized carbons (Fsp3) is 0.400. The minimum atomic E-state index is -1.27. The SMILES string of the molecule is CCOC(=O)CCCNOC(=O)CCC(=O)C1N=Cc2c(cn(C)c2C)N(c2ccccc2)C1=O. The number of nitrogens with one attached hydrogen (secondary N) is 1. The normalized spacial score (nSPS) is 14.9. The average Bonchev–Trinajstić information content (AvgIpc) is 3.02. The second kappa shape index (κ2) is 12.1. The van der Waals surface area contributed by atoms with Crippen LogP contribution in [0.3, 0.4) is 0 Å². The van der Waals surface area contributed by atoms with E-state index in [4.69, 9.17) is 9.57 Å². The largest absolute Gasteiger partial charge is 0.466 e. The van der Waals surface area contributed by atoms with Crippen LogP contribution < -0.4 is 10.4 Å². The maximum atomic E-state index is 13.5. The number of ketones is 1. The van der Waals surface area contributed by atoms with E-state index in [-0.39, 0.29) is 31.8 Å². The fourth-order valence-corrected chi connectivity index (χ4v) is 3.66. The number of aromatic nitrogens is 1. The van der Waals surface area contributed by atoms with Gasteiger partial charge in [-0.15, -0.1) is 0 Å². The van der Waals surface area contributed by atoms with Crippen molar-refractivity contribution in [3.63, 3.8) is 0 Å². The van der Waals surface area contributed by atoms with Crippen molar-refractivity contribution in [1.82, 2.24) is 10.0 Å². The van der Waals surface area contributed by atoms with Crippen LogP contribution in [0.25, 0.3) is 0 Å². The number of hydrogen-bond acceptors (Lipinski definition) is 8. The number of para-hydroxylation sites is 1. The monoisotopic (exact) mass is 482 g/mol. The van der Waals surface area contributed by atoms with E-state index >= 15 is 0 Å². The number of anilines is 2. The van der Waals surface area contributed by atoms with Crippen LogP contribution in [0.1, 0.15) is 43.9 Å². The third-order valence-electron chi connectivity index (χ3n) is 5.60. The van der Waals surface area contributed by atoms with E-state index < -0.39 is 23.7 Å². The Morgan fingerprint density at radius 2 is 1.83 bits per heavy atom. The van der Waals surface area contributed by atoms with Crippen LogP contribution in [-0.4, -0.2) is 53.6 Å². The molecule has 1 aromatic carbocycles. The van der Waals surface area contributed by atoms with Crippen LogP contribution in [0.4, 0.5) is 11.4 Å². The first kappa shape index (κ1) is 25.8. The molecule has 2 aromatic rings. The number of benzene rings is 1. The zero-order valence-corrected chi connectivity index (χ0v) is 20.2. The van der Waals surface area contributed by atoms with Crippen LogP contribution in [0.15, 0.2) is 41.5 Å². The van der Waals surface area contributed by atoms with Gasteiger partial charge in [0.2, 0.25) is 0 Å². The van der Waals surface area contributed by atoms with Crippen LogP contribution in [0.2, 0.25) is 0 Å². The van der Waals surface area contributed by atoms with E-state index in [0.29, 0.717) is 24.4 Å². The molecule has 2 heterocycles. The Kier molecular flexibility index (Phi) is 8.91. The van der Waals surface area contributed by atoms with E-state index in [0.717, 1.165) is 11.3 Å². The van der Waals surface area contributed by atoms with Gasteiger partial charge < -0.3 is 14.1 Å². The van der Waals surface area contributed by atoms with E-state index in [1.807, 2.05) is 42.9 Å². The highest BCUT2D eigenvalue weighted by molar-refractivity contribution is 6.19. The first-order chi connectivity index (χ1) is 16.8. The molecule has 1 amide bonds. The van der Waals surface area contributed by atoms with E-state index in [9.17, 15) is 19.2 Å². The van der Waals surface area contributed by atoms with Gasteiger partial charge in [-0.05, 0) is 32.4 Å². The van der Waals surface area contributed by atoms with Crippen molar-refractivity contribution in [3.05, 3.63) is 47.8 Å². The number of fused-ring (bicyclic) bond motifs is 1. The lowest BCUT2D eigenvalue weighted by atomic mass is 10.1. The molecule has 0 saturated heterocycles. The van der Waals surface area contributed by atoms with Crippen LogP contribution in [-0.2, 0) is 35.8 Å². The first-order valence-corrected chi connectivity index (χ1v) is 11.5. The number of aryl methyl sites for hydroxylation is 1. The number of hydrogen-bond donors (Lipinski definition) is 1. The average molecular weight is 483 g/mol. The van der Waals surface area contributed by atoms with Crippen molar-refractivity contribution >= 4 is 41.2 Å². The minimum absolute atomic E-state index is 0.198. The molecule has 0 aliphatic carbocycles. The number of nitrogens with zero attached hydrogens (tertiary/aromatic N) is 3. The van der Waals surface area contributed by atoms with Gasteiger partial charge in [0, 0.05) is 55.8 Å². The van der Waals surface area contributed by atoms with Crippen molar-refractivity contribution in [1.29, 1.82) is 0 Å². The summed E-state index contributed by atoms with van der Waals surface area (Å²) in [6.45, 7) is 4.23. The van der Waals surface area contributed by atoms with Crippen LogP contribution >= 0.6 is 0 Å². The zero-order chi connectivity index (χ0) is 25.4. The van der Waals surface area contributed by atoms with Gasteiger partial charge in [-0.2, -0.15) is 5.48 Å². The molecule has 35 heavy (non-hydrogen) atoms. The highest BCUT2D eigenvalue weighted by Gasteiger charge is 2.35. The highest BCUT2D eigenvalue weighted by atomic mass is 16.7. The molecule has 10 nitrogen and oxygen atoms in total.